The van der Waals surface area contributed by atoms with Gasteiger partial charge < -0.3 is 10.4 Å². The van der Waals surface area contributed by atoms with E-state index in [9.17, 15) is 8.42 Å². The van der Waals surface area contributed by atoms with Gasteiger partial charge in [-0.25, -0.2) is 12.7 Å². The Kier molecular flexibility index (Phi) is 5.74. The minimum atomic E-state index is -3.05. The van der Waals surface area contributed by atoms with Crippen LogP contribution in [0.2, 0.25) is 0 Å². The summed E-state index contributed by atoms with van der Waals surface area (Å²) in [6.07, 6.45) is 5.38. The monoisotopic (exact) mass is 316 g/mol. The summed E-state index contributed by atoms with van der Waals surface area (Å²) in [4.78, 5) is 0. The number of nitrogens with zero attached hydrogens (tertiary/aromatic N) is 3. The zero-order valence-corrected chi connectivity index (χ0v) is 13.2. The van der Waals surface area contributed by atoms with Crippen molar-refractivity contribution in [2.24, 2.45) is 0 Å². The van der Waals surface area contributed by atoms with Crippen LogP contribution in [-0.4, -0.2) is 59.1 Å². The minimum absolute atomic E-state index is 0.0823. The van der Waals surface area contributed by atoms with Crippen molar-refractivity contribution in [1.29, 1.82) is 0 Å². The van der Waals surface area contributed by atoms with Gasteiger partial charge in [-0.05, 0) is 19.8 Å². The van der Waals surface area contributed by atoms with Crippen molar-refractivity contribution in [3.8, 4) is 0 Å². The lowest BCUT2D eigenvalue weighted by molar-refractivity contribution is 0.269. The third kappa shape index (κ3) is 4.50. The maximum absolute atomic E-state index is 11.8. The molecule has 0 saturated carbocycles. The molecule has 0 spiro atoms. The third-order valence-electron chi connectivity index (χ3n) is 3.82. The van der Waals surface area contributed by atoms with Gasteiger partial charge >= 0.3 is 0 Å². The lowest BCUT2D eigenvalue weighted by Gasteiger charge is -2.31. The molecule has 0 unspecified atom stereocenters. The largest absolute Gasteiger partial charge is 0.394 e. The number of rotatable bonds is 7. The fourth-order valence-electron chi connectivity index (χ4n) is 2.51. The SMILES string of the molecule is CCS(=O)(=O)N1CCC(NCc2cnn(CCO)c2)CC1. The zero-order chi connectivity index (χ0) is 15.3. The smallest absolute Gasteiger partial charge is 0.213 e. The van der Waals surface area contributed by atoms with Gasteiger partial charge in [0.25, 0.3) is 0 Å². The van der Waals surface area contributed by atoms with Crippen molar-refractivity contribution in [2.45, 2.75) is 38.9 Å². The average Bonchev–Trinajstić information content (AvgIpc) is 2.94. The summed E-state index contributed by atoms with van der Waals surface area (Å²) in [5, 5.41) is 16.4. The first-order chi connectivity index (χ1) is 10.0. The molecule has 1 aliphatic rings. The number of hydrogen-bond acceptors (Lipinski definition) is 5. The number of piperidine rings is 1. The molecule has 0 amide bonds. The first kappa shape index (κ1) is 16.4. The Morgan fingerprint density at radius 3 is 2.76 bits per heavy atom. The van der Waals surface area contributed by atoms with Crippen molar-refractivity contribution in [3.63, 3.8) is 0 Å². The molecule has 0 aromatic carbocycles. The van der Waals surface area contributed by atoms with Gasteiger partial charge in [-0.2, -0.15) is 5.10 Å². The third-order valence-corrected chi connectivity index (χ3v) is 5.70. The van der Waals surface area contributed by atoms with E-state index in [4.69, 9.17) is 5.11 Å². The minimum Gasteiger partial charge on any atom is -0.394 e. The van der Waals surface area contributed by atoms with E-state index in [-0.39, 0.29) is 12.4 Å². The normalized spacial score (nSPS) is 18.2. The van der Waals surface area contributed by atoms with E-state index in [2.05, 4.69) is 10.4 Å². The van der Waals surface area contributed by atoms with Crippen molar-refractivity contribution in [2.75, 3.05) is 25.4 Å². The molecular formula is C13H24N4O3S. The molecule has 21 heavy (non-hydrogen) atoms. The second kappa shape index (κ2) is 7.35. The zero-order valence-electron chi connectivity index (χ0n) is 12.4. The van der Waals surface area contributed by atoms with Crippen LogP contribution in [0.5, 0.6) is 0 Å². The van der Waals surface area contributed by atoms with Crippen LogP contribution in [0.25, 0.3) is 0 Å². The Morgan fingerprint density at radius 2 is 2.14 bits per heavy atom. The highest BCUT2D eigenvalue weighted by Crippen LogP contribution is 2.15. The van der Waals surface area contributed by atoms with E-state index in [1.807, 2.05) is 6.20 Å². The summed E-state index contributed by atoms with van der Waals surface area (Å²) >= 11 is 0. The number of aliphatic hydroxyl groups is 1. The van der Waals surface area contributed by atoms with Crippen LogP contribution in [0.15, 0.2) is 12.4 Å². The molecule has 2 N–H and O–H groups in total. The summed E-state index contributed by atoms with van der Waals surface area (Å²) in [6.45, 7) is 4.18. The molecule has 2 rings (SSSR count). The number of aromatic nitrogens is 2. The van der Waals surface area contributed by atoms with E-state index in [0.29, 0.717) is 25.7 Å². The molecule has 1 aliphatic heterocycles. The Bertz CT molecular complexity index is 535. The molecule has 0 radical (unpaired) electrons. The van der Waals surface area contributed by atoms with Gasteiger partial charge in [0.2, 0.25) is 10.0 Å². The molecule has 2 heterocycles. The van der Waals surface area contributed by atoms with Gasteiger partial charge in [-0.3, -0.25) is 4.68 Å². The van der Waals surface area contributed by atoms with Crippen LogP contribution in [0.4, 0.5) is 0 Å². The fraction of sp³-hybridized carbons (Fsp3) is 0.769. The van der Waals surface area contributed by atoms with Gasteiger partial charge in [0.1, 0.15) is 0 Å². The average molecular weight is 316 g/mol. The molecule has 1 fully saturated rings. The standard InChI is InChI=1S/C13H24N4O3S/c1-2-21(19,20)17-5-3-13(4-6-17)14-9-12-10-15-16(11-12)7-8-18/h10-11,13-14,18H,2-9H2,1H3. The maximum atomic E-state index is 11.8. The van der Waals surface area contributed by atoms with Gasteiger partial charge in [0.15, 0.2) is 0 Å². The van der Waals surface area contributed by atoms with Crippen LogP contribution < -0.4 is 5.32 Å². The molecular weight excluding hydrogens is 292 g/mol. The molecule has 1 saturated heterocycles. The van der Waals surface area contributed by atoms with Gasteiger partial charge in [0, 0.05) is 37.4 Å². The second-order valence-corrected chi connectivity index (χ2v) is 7.55. The highest BCUT2D eigenvalue weighted by Gasteiger charge is 2.26. The molecule has 1 aromatic heterocycles. The second-order valence-electron chi connectivity index (χ2n) is 5.29. The lowest BCUT2D eigenvalue weighted by atomic mass is 10.1. The van der Waals surface area contributed by atoms with E-state index in [1.165, 1.54) is 0 Å². The van der Waals surface area contributed by atoms with Crippen LogP contribution in [0, 0.1) is 0 Å². The molecule has 120 valence electrons. The van der Waals surface area contributed by atoms with Crippen LogP contribution in [0.3, 0.4) is 0 Å². The van der Waals surface area contributed by atoms with Crippen molar-refractivity contribution in [1.82, 2.24) is 19.4 Å². The molecule has 0 aliphatic carbocycles. The summed E-state index contributed by atoms with van der Waals surface area (Å²) in [6, 6.07) is 0.342. The summed E-state index contributed by atoms with van der Waals surface area (Å²) < 4.78 is 26.9. The van der Waals surface area contributed by atoms with Crippen LogP contribution in [0.1, 0.15) is 25.3 Å². The van der Waals surface area contributed by atoms with Gasteiger partial charge in [0.05, 0.1) is 25.1 Å². The number of aliphatic hydroxyl groups excluding tert-OH is 1. The van der Waals surface area contributed by atoms with Crippen molar-refractivity contribution < 1.29 is 13.5 Å². The van der Waals surface area contributed by atoms with Crippen molar-refractivity contribution in [3.05, 3.63) is 18.0 Å². The Balaban J connectivity index is 1.76. The Hall–Kier alpha value is -0.960. The van der Waals surface area contributed by atoms with Crippen molar-refractivity contribution >= 4 is 10.0 Å². The predicted molar refractivity (Wildman–Crippen MR) is 80.2 cm³/mol. The summed E-state index contributed by atoms with van der Waals surface area (Å²) in [7, 11) is -3.05. The molecule has 0 bridgehead atoms. The topological polar surface area (TPSA) is 87.5 Å². The fourth-order valence-corrected chi connectivity index (χ4v) is 3.64. The van der Waals surface area contributed by atoms with E-state index in [0.717, 1.165) is 24.9 Å². The first-order valence-electron chi connectivity index (χ1n) is 7.38. The maximum Gasteiger partial charge on any atom is 0.213 e. The Labute approximate surface area is 126 Å². The van der Waals surface area contributed by atoms with Gasteiger partial charge in [-0.15, -0.1) is 0 Å². The van der Waals surface area contributed by atoms with E-state index < -0.39 is 10.0 Å². The van der Waals surface area contributed by atoms with Gasteiger partial charge in [-0.1, -0.05) is 0 Å². The molecule has 8 heteroatoms. The summed E-state index contributed by atoms with van der Waals surface area (Å²) in [5.74, 6) is 0.176. The lowest BCUT2D eigenvalue weighted by Crippen LogP contribution is -2.45. The van der Waals surface area contributed by atoms with E-state index in [1.54, 1.807) is 22.1 Å². The van der Waals surface area contributed by atoms with Crippen LogP contribution in [-0.2, 0) is 23.1 Å². The van der Waals surface area contributed by atoms with E-state index >= 15 is 0 Å². The highest BCUT2D eigenvalue weighted by atomic mass is 32.2. The summed E-state index contributed by atoms with van der Waals surface area (Å²) in [5.41, 5.74) is 1.08. The molecule has 7 nitrogen and oxygen atoms in total. The highest BCUT2D eigenvalue weighted by molar-refractivity contribution is 7.89. The molecule has 0 atom stereocenters. The predicted octanol–water partition coefficient (Wildman–Crippen LogP) is -0.221. The van der Waals surface area contributed by atoms with Crippen LogP contribution >= 0.6 is 0 Å². The first-order valence-corrected chi connectivity index (χ1v) is 8.99. The number of nitrogens with one attached hydrogen (secondary N) is 1. The Morgan fingerprint density at radius 1 is 1.43 bits per heavy atom. The number of hydrogen-bond donors (Lipinski definition) is 2. The molecule has 1 aromatic rings. The number of sulfonamides is 1. The quantitative estimate of drug-likeness (QED) is 0.726.